The van der Waals surface area contributed by atoms with Gasteiger partial charge >= 0.3 is 0 Å². The van der Waals surface area contributed by atoms with E-state index in [0.29, 0.717) is 31.8 Å². The number of primary amides is 1. The second-order valence-corrected chi connectivity index (χ2v) is 7.53. The molecule has 6 heteroatoms. The number of nitrogens with one attached hydrogen (secondary N) is 1. The van der Waals surface area contributed by atoms with Gasteiger partial charge in [-0.2, -0.15) is 5.10 Å². The number of nitrogens with two attached hydrogens (primary N) is 1. The minimum atomic E-state index is -0.910. The van der Waals surface area contributed by atoms with E-state index in [4.69, 9.17) is 5.73 Å². The Morgan fingerprint density at radius 3 is 2.50 bits per heavy atom. The fourth-order valence-corrected chi connectivity index (χ4v) is 4.06. The van der Waals surface area contributed by atoms with E-state index in [-0.39, 0.29) is 5.91 Å². The third-order valence-electron chi connectivity index (χ3n) is 5.93. The van der Waals surface area contributed by atoms with E-state index >= 15 is 0 Å². The third kappa shape index (κ3) is 2.69. The number of benzene rings is 1. The van der Waals surface area contributed by atoms with Crippen LogP contribution < -0.4 is 5.73 Å². The minimum Gasteiger partial charge on any atom is -0.369 e. The number of hydrogen-bond donors (Lipinski definition) is 2. The maximum Gasteiger partial charge on any atom is 0.238 e. The molecule has 6 nitrogen and oxygen atoms in total. The van der Waals surface area contributed by atoms with Gasteiger partial charge in [-0.05, 0) is 43.7 Å². The molecule has 1 aliphatic heterocycles. The van der Waals surface area contributed by atoms with Crippen LogP contribution in [0.3, 0.4) is 0 Å². The molecule has 0 unspecified atom stereocenters. The van der Waals surface area contributed by atoms with Crippen LogP contribution in [-0.4, -0.2) is 40.0 Å². The predicted octanol–water partition coefficient (Wildman–Crippen LogP) is 2.36. The molecule has 2 aromatic rings. The van der Waals surface area contributed by atoms with Crippen LogP contribution in [0.4, 0.5) is 0 Å². The number of H-pyrrole nitrogens is 1. The first-order chi connectivity index (χ1) is 12.5. The predicted molar refractivity (Wildman–Crippen MR) is 98.2 cm³/mol. The summed E-state index contributed by atoms with van der Waals surface area (Å²) < 4.78 is 0. The quantitative estimate of drug-likeness (QED) is 0.827. The van der Waals surface area contributed by atoms with Crippen LogP contribution in [0.5, 0.6) is 0 Å². The van der Waals surface area contributed by atoms with Gasteiger partial charge in [0.05, 0.1) is 6.20 Å². The Labute approximate surface area is 152 Å². The van der Waals surface area contributed by atoms with Gasteiger partial charge in [-0.3, -0.25) is 14.7 Å². The Balaban J connectivity index is 1.48. The van der Waals surface area contributed by atoms with Gasteiger partial charge in [0, 0.05) is 30.3 Å². The molecule has 3 N–H and O–H groups in total. The highest BCUT2D eigenvalue weighted by Gasteiger charge is 2.57. The average molecular weight is 352 g/mol. The fourth-order valence-electron chi connectivity index (χ4n) is 4.06. The van der Waals surface area contributed by atoms with Gasteiger partial charge in [0.2, 0.25) is 11.8 Å². The molecule has 0 atom stereocenters. The Morgan fingerprint density at radius 1 is 1.19 bits per heavy atom. The molecule has 0 spiro atoms. The number of likely N-dealkylation sites (tertiary alicyclic amines) is 1. The minimum absolute atomic E-state index is 0.0767. The summed E-state index contributed by atoms with van der Waals surface area (Å²) in [7, 11) is 0. The Kier molecular flexibility index (Phi) is 4.05. The molecular formula is C20H24N4O2. The molecule has 0 radical (unpaired) electrons. The first-order valence-electron chi connectivity index (χ1n) is 9.21. The number of piperidine rings is 1. The standard InChI is InChI=1S/C20H24N4O2/c1-13-4-2-3-5-15(13)16-12-22-23-17(16)14-6-10-24(11-7-14)19(26)20(8-9-20)18(21)25/h2-5,12,14H,6-11H2,1H3,(H2,21,25)(H,22,23). The Bertz CT molecular complexity index is 845. The van der Waals surface area contributed by atoms with E-state index in [1.54, 1.807) is 0 Å². The normalized spacial score (nSPS) is 19.3. The number of rotatable bonds is 4. The van der Waals surface area contributed by atoms with Crippen molar-refractivity contribution in [1.82, 2.24) is 15.1 Å². The number of carbonyl (C=O) groups excluding carboxylic acids is 2. The highest BCUT2D eigenvalue weighted by Crippen LogP contribution is 2.47. The lowest BCUT2D eigenvalue weighted by Crippen LogP contribution is -2.46. The highest BCUT2D eigenvalue weighted by atomic mass is 16.2. The van der Waals surface area contributed by atoms with Gasteiger partial charge in [0.1, 0.15) is 5.41 Å². The Morgan fingerprint density at radius 2 is 1.88 bits per heavy atom. The van der Waals surface area contributed by atoms with E-state index in [1.165, 1.54) is 11.1 Å². The van der Waals surface area contributed by atoms with Crippen molar-refractivity contribution in [1.29, 1.82) is 0 Å². The van der Waals surface area contributed by atoms with Crippen LogP contribution in [0.15, 0.2) is 30.5 Å². The molecule has 1 aromatic carbocycles. The van der Waals surface area contributed by atoms with E-state index in [1.807, 2.05) is 23.2 Å². The number of aromatic nitrogens is 2. The van der Waals surface area contributed by atoms with Gasteiger partial charge in [0.15, 0.2) is 0 Å². The van der Waals surface area contributed by atoms with Crippen molar-refractivity contribution in [3.8, 4) is 11.1 Å². The SMILES string of the molecule is Cc1ccccc1-c1cn[nH]c1C1CCN(C(=O)C2(C(N)=O)CC2)CC1. The van der Waals surface area contributed by atoms with Crippen molar-refractivity contribution in [3.05, 3.63) is 41.7 Å². The third-order valence-corrected chi connectivity index (χ3v) is 5.93. The lowest BCUT2D eigenvalue weighted by molar-refractivity contribution is -0.143. The van der Waals surface area contributed by atoms with Crippen molar-refractivity contribution >= 4 is 11.8 Å². The summed E-state index contributed by atoms with van der Waals surface area (Å²) in [5.41, 5.74) is 9.23. The monoisotopic (exact) mass is 352 g/mol. The number of aryl methyl sites for hydroxylation is 1. The Hall–Kier alpha value is -2.63. The van der Waals surface area contributed by atoms with Crippen LogP contribution >= 0.6 is 0 Å². The van der Waals surface area contributed by atoms with E-state index in [9.17, 15) is 9.59 Å². The van der Waals surface area contributed by atoms with E-state index in [0.717, 1.165) is 24.1 Å². The number of nitrogens with zero attached hydrogens (tertiary/aromatic N) is 2. The summed E-state index contributed by atoms with van der Waals surface area (Å²) in [6.07, 6.45) is 4.81. The molecule has 136 valence electrons. The zero-order valence-corrected chi connectivity index (χ0v) is 15.0. The van der Waals surface area contributed by atoms with Crippen LogP contribution in [0.1, 0.15) is 42.9 Å². The van der Waals surface area contributed by atoms with Crippen molar-refractivity contribution in [3.63, 3.8) is 0 Å². The van der Waals surface area contributed by atoms with Gasteiger partial charge in [-0.15, -0.1) is 0 Å². The molecule has 0 bridgehead atoms. The molecular weight excluding hydrogens is 328 g/mol. The molecule has 2 aliphatic rings. The first kappa shape index (κ1) is 16.8. The molecule has 2 fully saturated rings. The molecule has 4 rings (SSSR count). The summed E-state index contributed by atoms with van der Waals surface area (Å²) in [6.45, 7) is 3.42. The van der Waals surface area contributed by atoms with Crippen molar-refractivity contribution in [2.75, 3.05) is 13.1 Å². The lowest BCUT2D eigenvalue weighted by Gasteiger charge is -2.33. The van der Waals surface area contributed by atoms with Crippen molar-refractivity contribution in [2.24, 2.45) is 11.1 Å². The van der Waals surface area contributed by atoms with Gasteiger partial charge < -0.3 is 10.6 Å². The number of carbonyl (C=O) groups is 2. The fraction of sp³-hybridized carbons (Fsp3) is 0.450. The summed E-state index contributed by atoms with van der Waals surface area (Å²) in [6, 6.07) is 8.30. The second-order valence-electron chi connectivity index (χ2n) is 7.53. The van der Waals surface area contributed by atoms with Crippen molar-refractivity contribution < 1.29 is 9.59 Å². The zero-order valence-electron chi connectivity index (χ0n) is 15.0. The van der Waals surface area contributed by atoms with Crippen molar-refractivity contribution in [2.45, 2.75) is 38.5 Å². The largest absolute Gasteiger partial charge is 0.369 e. The summed E-state index contributed by atoms with van der Waals surface area (Å²) >= 11 is 0. The summed E-state index contributed by atoms with van der Waals surface area (Å²) in [5, 5.41) is 7.45. The zero-order chi connectivity index (χ0) is 18.3. The number of amides is 2. The van der Waals surface area contributed by atoms with Gasteiger partial charge in [-0.1, -0.05) is 24.3 Å². The lowest BCUT2D eigenvalue weighted by atomic mass is 9.88. The summed E-state index contributed by atoms with van der Waals surface area (Å²) in [5.74, 6) is -0.216. The van der Waals surface area contributed by atoms with Gasteiger partial charge in [0.25, 0.3) is 0 Å². The molecule has 26 heavy (non-hydrogen) atoms. The topological polar surface area (TPSA) is 92.1 Å². The molecule has 2 heterocycles. The molecule has 1 saturated heterocycles. The molecule has 1 saturated carbocycles. The molecule has 1 aliphatic carbocycles. The van der Waals surface area contributed by atoms with Crippen LogP contribution in [0.2, 0.25) is 0 Å². The van der Waals surface area contributed by atoms with Gasteiger partial charge in [-0.25, -0.2) is 0 Å². The summed E-state index contributed by atoms with van der Waals surface area (Å²) in [4.78, 5) is 26.1. The highest BCUT2D eigenvalue weighted by molar-refractivity contribution is 6.07. The number of hydrogen-bond acceptors (Lipinski definition) is 3. The van der Waals surface area contributed by atoms with E-state index in [2.05, 4.69) is 29.3 Å². The smallest absolute Gasteiger partial charge is 0.238 e. The van der Waals surface area contributed by atoms with Crippen LogP contribution in [0.25, 0.3) is 11.1 Å². The average Bonchev–Trinajstić information content (AvgIpc) is 3.33. The maximum atomic E-state index is 12.7. The first-order valence-corrected chi connectivity index (χ1v) is 9.21. The van der Waals surface area contributed by atoms with Crippen LogP contribution in [-0.2, 0) is 9.59 Å². The van der Waals surface area contributed by atoms with E-state index < -0.39 is 11.3 Å². The maximum absolute atomic E-state index is 12.7. The number of aromatic amines is 1. The molecule has 2 amide bonds. The van der Waals surface area contributed by atoms with Crippen LogP contribution in [0, 0.1) is 12.3 Å². The second kappa shape index (κ2) is 6.27. The molecule has 1 aromatic heterocycles.